The minimum Gasteiger partial charge on any atom is -0.481 e. The van der Waals surface area contributed by atoms with Crippen LogP contribution in [-0.2, 0) is 9.59 Å². The first-order chi connectivity index (χ1) is 10.0. The average molecular weight is 290 g/mol. The summed E-state index contributed by atoms with van der Waals surface area (Å²) in [7, 11) is 0. The zero-order valence-corrected chi connectivity index (χ0v) is 12.5. The lowest BCUT2D eigenvalue weighted by atomic mass is 9.89. The van der Waals surface area contributed by atoms with Crippen molar-refractivity contribution in [3.8, 4) is 0 Å². The monoisotopic (exact) mass is 290 g/mol. The number of fused-ring (bicyclic) bond motifs is 1. The molecule has 5 heteroatoms. The summed E-state index contributed by atoms with van der Waals surface area (Å²) in [5.74, 6) is -1.57. The van der Waals surface area contributed by atoms with E-state index in [9.17, 15) is 9.59 Å². The van der Waals surface area contributed by atoms with E-state index in [0.29, 0.717) is 6.54 Å². The number of hydrogen-bond donors (Lipinski definition) is 2. The maximum Gasteiger partial charge on any atom is 0.308 e. The van der Waals surface area contributed by atoms with Gasteiger partial charge in [-0.3, -0.25) is 9.59 Å². The smallest absolute Gasteiger partial charge is 0.308 e. The summed E-state index contributed by atoms with van der Waals surface area (Å²) in [6.45, 7) is 5.08. The lowest BCUT2D eigenvalue weighted by Crippen LogP contribution is -2.41. The average Bonchev–Trinajstić information content (AvgIpc) is 2.51. The number of carbonyl (C=O) groups is 2. The summed E-state index contributed by atoms with van der Waals surface area (Å²) in [4.78, 5) is 25.4. The summed E-state index contributed by atoms with van der Waals surface area (Å²) < 4.78 is 0. The van der Waals surface area contributed by atoms with Gasteiger partial charge in [-0.05, 0) is 25.0 Å². The van der Waals surface area contributed by atoms with E-state index in [2.05, 4.69) is 5.32 Å². The number of nitrogens with one attached hydrogen (secondary N) is 1. The standard InChI is InChI=1S/C16H22N2O3/c1-3-18(10-11(2)16(20)21)15(19)13-8-9-17-14-7-5-4-6-12(13)14/h4-7,11,13,17H,3,8-10H2,1-2H3,(H,20,21). The molecular formula is C16H22N2O3. The molecule has 5 nitrogen and oxygen atoms in total. The topological polar surface area (TPSA) is 69.6 Å². The highest BCUT2D eigenvalue weighted by molar-refractivity contribution is 5.86. The number of nitrogens with zero attached hydrogens (tertiary/aromatic N) is 1. The molecule has 0 radical (unpaired) electrons. The van der Waals surface area contributed by atoms with Crippen LogP contribution in [0.15, 0.2) is 24.3 Å². The van der Waals surface area contributed by atoms with Crippen molar-refractivity contribution in [2.24, 2.45) is 5.92 Å². The molecule has 2 unspecified atom stereocenters. The lowest BCUT2D eigenvalue weighted by Gasteiger charge is -2.31. The molecule has 0 aliphatic carbocycles. The molecule has 0 saturated heterocycles. The van der Waals surface area contributed by atoms with Crippen molar-refractivity contribution in [2.75, 3.05) is 25.0 Å². The normalized spacial score (nSPS) is 18.3. The van der Waals surface area contributed by atoms with Crippen LogP contribution in [-0.4, -0.2) is 41.5 Å². The van der Waals surface area contributed by atoms with Crippen LogP contribution in [0.1, 0.15) is 31.7 Å². The number of rotatable bonds is 5. The fraction of sp³-hybridized carbons (Fsp3) is 0.500. The molecule has 0 saturated carbocycles. The molecule has 1 aromatic carbocycles. The van der Waals surface area contributed by atoms with Gasteiger partial charge in [-0.25, -0.2) is 0 Å². The van der Waals surface area contributed by atoms with Gasteiger partial charge in [0.2, 0.25) is 5.91 Å². The van der Waals surface area contributed by atoms with Crippen LogP contribution in [0.3, 0.4) is 0 Å². The van der Waals surface area contributed by atoms with Gasteiger partial charge in [-0.2, -0.15) is 0 Å². The van der Waals surface area contributed by atoms with Crippen LogP contribution in [0.4, 0.5) is 5.69 Å². The van der Waals surface area contributed by atoms with Crippen LogP contribution in [0.2, 0.25) is 0 Å². The second-order valence-electron chi connectivity index (χ2n) is 5.47. The number of carbonyl (C=O) groups excluding carboxylic acids is 1. The van der Waals surface area contributed by atoms with Crippen LogP contribution in [0.5, 0.6) is 0 Å². The van der Waals surface area contributed by atoms with Gasteiger partial charge in [-0.1, -0.05) is 25.1 Å². The molecule has 1 aliphatic heterocycles. The molecule has 0 fully saturated rings. The first-order valence-corrected chi connectivity index (χ1v) is 7.39. The first kappa shape index (κ1) is 15.4. The quantitative estimate of drug-likeness (QED) is 0.872. The van der Waals surface area contributed by atoms with Crippen LogP contribution < -0.4 is 5.32 Å². The maximum atomic E-state index is 12.8. The molecule has 2 N–H and O–H groups in total. The predicted molar refractivity (Wildman–Crippen MR) is 81.3 cm³/mol. The Morgan fingerprint density at radius 1 is 1.43 bits per heavy atom. The number of anilines is 1. The van der Waals surface area contributed by atoms with Crippen LogP contribution in [0.25, 0.3) is 0 Å². The summed E-state index contributed by atoms with van der Waals surface area (Å²) in [6.07, 6.45) is 0.744. The molecule has 1 aliphatic rings. The zero-order chi connectivity index (χ0) is 15.4. The van der Waals surface area contributed by atoms with Crippen molar-refractivity contribution < 1.29 is 14.7 Å². The number of carboxylic acid groups (broad SMARTS) is 1. The molecule has 0 aromatic heterocycles. The Kier molecular flexibility index (Phi) is 4.83. The van der Waals surface area contributed by atoms with Crippen molar-refractivity contribution in [3.05, 3.63) is 29.8 Å². The first-order valence-electron chi connectivity index (χ1n) is 7.39. The largest absolute Gasteiger partial charge is 0.481 e. The third-order valence-electron chi connectivity index (χ3n) is 3.99. The minimum atomic E-state index is -0.869. The number of para-hydroxylation sites is 1. The number of aliphatic carboxylic acids is 1. The molecular weight excluding hydrogens is 268 g/mol. The van der Waals surface area contributed by atoms with E-state index >= 15 is 0 Å². The second kappa shape index (κ2) is 6.61. The lowest BCUT2D eigenvalue weighted by molar-refractivity contribution is -0.143. The predicted octanol–water partition coefficient (Wildman–Crippen LogP) is 2.15. The summed E-state index contributed by atoms with van der Waals surface area (Å²) >= 11 is 0. The fourth-order valence-electron chi connectivity index (χ4n) is 2.73. The summed E-state index contributed by atoms with van der Waals surface area (Å²) in [5.41, 5.74) is 2.01. The Morgan fingerprint density at radius 2 is 2.14 bits per heavy atom. The number of likely N-dealkylation sites (N-methyl/N-ethyl adjacent to an activating group) is 1. The van der Waals surface area contributed by atoms with Crippen molar-refractivity contribution in [2.45, 2.75) is 26.2 Å². The van der Waals surface area contributed by atoms with Crippen molar-refractivity contribution in [3.63, 3.8) is 0 Å². The molecule has 1 heterocycles. The summed E-state index contributed by atoms with van der Waals surface area (Å²) in [6, 6.07) is 7.83. The van der Waals surface area contributed by atoms with Crippen molar-refractivity contribution in [1.29, 1.82) is 0 Å². The Labute approximate surface area is 125 Å². The van der Waals surface area contributed by atoms with Crippen LogP contribution in [0, 0.1) is 5.92 Å². The maximum absolute atomic E-state index is 12.8. The van der Waals surface area contributed by atoms with Gasteiger partial charge < -0.3 is 15.3 Å². The van der Waals surface area contributed by atoms with E-state index in [-0.39, 0.29) is 18.4 Å². The van der Waals surface area contributed by atoms with E-state index in [0.717, 1.165) is 24.2 Å². The SMILES string of the molecule is CCN(CC(C)C(=O)O)C(=O)C1CCNc2ccccc21. The van der Waals surface area contributed by atoms with E-state index < -0.39 is 11.9 Å². The number of benzene rings is 1. The molecule has 1 aromatic rings. The van der Waals surface area contributed by atoms with Gasteiger partial charge in [0.05, 0.1) is 11.8 Å². The van der Waals surface area contributed by atoms with Gasteiger partial charge in [0.25, 0.3) is 0 Å². The Bertz CT molecular complexity index is 530. The number of hydrogen-bond acceptors (Lipinski definition) is 3. The van der Waals surface area contributed by atoms with Gasteiger partial charge in [0.1, 0.15) is 0 Å². The highest BCUT2D eigenvalue weighted by Crippen LogP contribution is 2.32. The van der Waals surface area contributed by atoms with E-state index in [4.69, 9.17) is 5.11 Å². The number of amides is 1. The highest BCUT2D eigenvalue weighted by Gasteiger charge is 2.30. The second-order valence-corrected chi connectivity index (χ2v) is 5.47. The van der Waals surface area contributed by atoms with Crippen LogP contribution >= 0.6 is 0 Å². The van der Waals surface area contributed by atoms with E-state index in [1.807, 2.05) is 31.2 Å². The molecule has 0 bridgehead atoms. The molecule has 1 amide bonds. The fourth-order valence-corrected chi connectivity index (χ4v) is 2.73. The van der Waals surface area contributed by atoms with E-state index in [1.54, 1.807) is 11.8 Å². The Morgan fingerprint density at radius 3 is 2.81 bits per heavy atom. The molecule has 0 spiro atoms. The third-order valence-corrected chi connectivity index (χ3v) is 3.99. The number of carboxylic acids is 1. The highest BCUT2D eigenvalue weighted by atomic mass is 16.4. The van der Waals surface area contributed by atoms with Crippen molar-refractivity contribution in [1.82, 2.24) is 4.90 Å². The van der Waals surface area contributed by atoms with Crippen molar-refractivity contribution >= 4 is 17.6 Å². The molecule has 114 valence electrons. The molecule has 2 rings (SSSR count). The van der Waals surface area contributed by atoms with E-state index in [1.165, 1.54) is 0 Å². The third kappa shape index (κ3) is 3.35. The zero-order valence-electron chi connectivity index (χ0n) is 12.5. The Hall–Kier alpha value is -2.04. The minimum absolute atomic E-state index is 0.0274. The van der Waals surface area contributed by atoms with Gasteiger partial charge in [-0.15, -0.1) is 0 Å². The molecule has 2 atom stereocenters. The Balaban J connectivity index is 2.17. The molecule has 21 heavy (non-hydrogen) atoms. The van der Waals surface area contributed by atoms with Gasteiger partial charge in [0, 0.05) is 25.3 Å². The van der Waals surface area contributed by atoms with Gasteiger partial charge in [0.15, 0.2) is 0 Å². The van der Waals surface area contributed by atoms with Gasteiger partial charge >= 0.3 is 5.97 Å². The summed E-state index contributed by atoms with van der Waals surface area (Å²) in [5, 5.41) is 12.3.